The first-order valence-corrected chi connectivity index (χ1v) is 6.69. The Hall–Kier alpha value is -1.82. The van der Waals surface area contributed by atoms with Gasteiger partial charge in [0.1, 0.15) is 0 Å². The maximum absolute atomic E-state index is 2.37. The van der Waals surface area contributed by atoms with Gasteiger partial charge < -0.3 is 0 Å². The van der Waals surface area contributed by atoms with Crippen LogP contribution in [0, 0.1) is 6.92 Å². The Balaban J connectivity index is 2.07. The molecule has 90 valence electrons. The molecule has 0 heteroatoms. The first-order valence-electron chi connectivity index (χ1n) is 6.69. The molecule has 0 fully saturated rings. The molecule has 0 atom stereocenters. The minimum absolute atomic E-state index is 1.20. The second-order valence-electron chi connectivity index (χ2n) is 5.04. The highest BCUT2D eigenvalue weighted by Crippen LogP contribution is 2.32. The molecule has 2 aromatic rings. The van der Waals surface area contributed by atoms with Crippen molar-refractivity contribution in [1.82, 2.24) is 0 Å². The molecule has 0 nitrogen and oxygen atoms in total. The van der Waals surface area contributed by atoms with Crippen molar-refractivity contribution in [1.29, 1.82) is 0 Å². The Kier molecular flexibility index (Phi) is 3.02. The molecule has 0 bridgehead atoms. The van der Waals surface area contributed by atoms with Gasteiger partial charge in [-0.1, -0.05) is 54.6 Å². The van der Waals surface area contributed by atoms with Gasteiger partial charge >= 0.3 is 0 Å². The van der Waals surface area contributed by atoms with Crippen molar-refractivity contribution in [2.45, 2.75) is 26.2 Å². The summed E-state index contributed by atoms with van der Waals surface area (Å²) in [5.74, 6) is 0. The summed E-state index contributed by atoms with van der Waals surface area (Å²) in [6.07, 6.45) is 6.06. The van der Waals surface area contributed by atoms with Crippen molar-refractivity contribution >= 4 is 11.6 Å². The molecule has 0 aliphatic heterocycles. The number of hydrogen-bond acceptors (Lipinski definition) is 0. The van der Waals surface area contributed by atoms with E-state index in [0.29, 0.717) is 0 Å². The van der Waals surface area contributed by atoms with Crippen LogP contribution in [0.25, 0.3) is 11.6 Å². The minimum Gasteiger partial charge on any atom is -0.0620 e. The lowest BCUT2D eigenvalue weighted by molar-refractivity contribution is 0.824. The molecular weight excluding hydrogens is 216 g/mol. The van der Waals surface area contributed by atoms with Crippen molar-refractivity contribution in [2.24, 2.45) is 0 Å². The topological polar surface area (TPSA) is 0 Å². The zero-order valence-corrected chi connectivity index (χ0v) is 10.8. The smallest absolute Gasteiger partial charge is 0.0192 e. The number of aryl methyl sites for hydroxylation is 2. The summed E-state index contributed by atoms with van der Waals surface area (Å²) in [4.78, 5) is 0. The molecule has 0 unspecified atom stereocenters. The van der Waals surface area contributed by atoms with E-state index in [2.05, 4.69) is 61.5 Å². The van der Waals surface area contributed by atoms with Gasteiger partial charge in [0.2, 0.25) is 0 Å². The number of allylic oxidation sites excluding steroid dienone is 1. The summed E-state index contributed by atoms with van der Waals surface area (Å²) in [6, 6.07) is 17.4. The maximum atomic E-state index is 2.37. The van der Waals surface area contributed by atoms with E-state index in [0.717, 1.165) is 0 Å². The normalized spacial score (nSPS) is 16.6. The van der Waals surface area contributed by atoms with Crippen LogP contribution >= 0.6 is 0 Å². The van der Waals surface area contributed by atoms with E-state index in [1.165, 1.54) is 47.1 Å². The lowest BCUT2D eigenvalue weighted by atomic mass is 9.86. The molecule has 3 rings (SSSR count). The maximum Gasteiger partial charge on any atom is -0.0192 e. The van der Waals surface area contributed by atoms with Gasteiger partial charge in [-0.3, -0.25) is 0 Å². The second kappa shape index (κ2) is 4.81. The largest absolute Gasteiger partial charge is 0.0620 e. The van der Waals surface area contributed by atoms with Crippen molar-refractivity contribution < 1.29 is 0 Å². The lowest BCUT2D eigenvalue weighted by Gasteiger charge is -2.19. The van der Waals surface area contributed by atoms with E-state index in [9.17, 15) is 0 Å². The van der Waals surface area contributed by atoms with Gasteiger partial charge in [-0.2, -0.15) is 0 Å². The fraction of sp³-hybridized carbons (Fsp3) is 0.222. The highest BCUT2D eigenvalue weighted by molar-refractivity contribution is 5.84. The van der Waals surface area contributed by atoms with Gasteiger partial charge in [-0.15, -0.1) is 0 Å². The highest BCUT2D eigenvalue weighted by Gasteiger charge is 2.13. The van der Waals surface area contributed by atoms with E-state index in [1.807, 2.05) is 0 Å². The quantitative estimate of drug-likeness (QED) is 0.660. The predicted octanol–water partition coefficient (Wildman–Crippen LogP) is 4.87. The van der Waals surface area contributed by atoms with Crippen LogP contribution in [0.1, 0.15) is 35.1 Å². The lowest BCUT2D eigenvalue weighted by Crippen LogP contribution is -2.01. The summed E-state index contributed by atoms with van der Waals surface area (Å²) in [5.41, 5.74) is 7.15. The molecular formula is C18H18. The first kappa shape index (κ1) is 11.3. The van der Waals surface area contributed by atoms with Gasteiger partial charge in [-0.05, 0) is 54.0 Å². The SMILES string of the molecule is Cc1ccccc1C=C1CCCc2ccccc21. The van der Waals surface area contributed by atoms with Crippen molar-refractivity contribution in [2.75, 3.05) is 0 Å². The Labute approximate surface area is 109 Å². The van der Waals surface area contributed by atoms with Gasteiger partial charge in [0.05, 0.1) is 0 Å². The Morgan fingerprint density at radius 2 is 1.67 bits per heavy atom. The molecule has 1 aliphatic rings. The summed E-state index contributed by atoms with van der Waals surface area (Å²) in [6.45, 7) is 2.18. The molecule has 0 aromatic heterocycles. The standard InChI is InChI=1S/C18H18/c1-14-7-2-3-9-16(14)13-17-11-6-10-15-8-4-5-12-18(15)17/h2-5,7-9,12-13H,6,10-11H2,1H3. The molecule has 1 aliphatic carbocycles. The Bertz CT molecular complexity index is 590. The van der Waals surface area contributed by atoms with Crippen LogP contribution in [0.2, 0.25) is 0 Å². The zero-order chi connectivity index (χ0) is 12.4. The Morgan fingerprint density at radius 1 is 0.889 bits per heavy atom. The summed E-state index contributed by atoms with van der Waals surface area (Å²) in [5, 5.41) is 0. The Morgan fingerprint density at radius 3 is 2.56 bits per heavy atom. The summed E-state index contributed by atoms with van der Waals surface area (Å²) in [7, 11) is 0. The van der Waals surface area contributed by atoms with Crippen LogP contribution in [0.3, 0.4) is 0 Å². The van der Waals surface area contributed by atoms with Gasteiger partial charge in [0.25, 0.3) is 0 Å². The van der Waals surface area contributed by atoms with Crippen molar-refractivity contribution in [3.8, 4) is 0 Å². The van der Waals surface area contributed by atoms with Gasteiger partial charge in [0, 0.05) is 0 Å². The van der Waals surface area contributed by atoms with E-state index in [-0.39, 0.29) is 0 Å². The highest BCUT2D eigenvalue weighted by atomic mass is 14.2. The average Bonchev–Trinajstić information content (AvgIpc) is 2.42. The molecule has 0 radical (unpaired) electrons. The second-order valence-corrected chi connectivity index (χ2v) is 5.04. The van der Waals surface area contributed by atoms with Crippen LogP contribution in [-0.4, -0.2) is 0 Å². The molecule has 0 heterocycles. The van der Waals surface area contributed by atoms with E-state index in [4.69, 9.17) is 0 Å². The van der Waals surface area contributed by atoms with Crippen molar-refractivity contribution in [3.63, 3.8) is 0 Å². The number of fused-ring (bicyclic) bond motifs is 1. The van der Waals surface area contributed by atoms with Crippen LogP contribution in [0.15, 0.2) is 48.5 Å². The van der Waals surface area contributed by atoms with Crippen LogP contribution in [-0.2, 0) is 6.42 Å². The third kappa shape index (κ3) is 2.11. The van der Waals surface area contributed by atoms with Crippen LogP contribution < -0.4 is 0 Å². The minimum atomic E-state index is 1.20. The number of benzene rings is 2. The number of rotatable bonds is 1. The predicted molar refractivity (Wildman–Crippen MR) is 78.4 cm³/mol. The van der Waals surface area contributed by atoms with E-state index >= 15 is 0 Å². The molecule has 0 saturated carbocycles. The molecule has 0 amide bonds. The molecule has 2 aromatic carbocycles. The van der Waals surface area contributed by atoms with Crippen LogP contribution in [0.5, 0.6) is 0 Å². The van der Waals surface area contributed by atoms with Gasteiger partial charge in [0.15, 0.2) is 0 Å². The average molecular weight is 234 g/mol. The van der Waals surface area contributed by atoms with Gasteiger partial charge in [-0.25, -0.2) is 0 Å². The fourth-order valence-electron chi connectivity index (χ4n) is 2.74. The zero-order valence-electron chi connectivity index (χ0n) is 10.8. The summed E-state index contributed by atoms with van der Waals surface area (Å²) >= 11 is 0. The molecule has 18 heavy (non-hydrogen) atoms. The summed E-state index contributed by atoms with van der Waals surface area (Å²) < 4.78 is 0. The third-order valence-electron chi connectivity index (χ3n) is 3.77. The van der Waals surface area contributed by atoms with Crippen molar-refractivity contribution in [3.05, 3.63) is 70.8 Å². The van der Waals surface area contributed by atoms with Crippen LogP contribution in [0.4, 0.5) is 0 Å². The first-order chi connectivity index (χ1) is 8.84. The van der Waals surface area contributed by atoms with E-state index in [1.54, 1.807) is 0 Å². The molecule has 0 saturated heterocycles. The monoisotopic (exact) mass is 234 g/mol. The molecule has 0 N–H and O–H groups in total. The third-order valence-corrected chi connectivity index (χ3v) is 3.77. The number of hydrogen-bond donors (Lipinski definition) is 0. The molecule has 0 spiro atoms. The van der Waals surface area contributed by atoms with E-state index < -0.39 is 0 Å². The fourth-order valence-corrected chi connectivity index (χ4v) is 2.74.